The summed E-state index contributed by atoms with van der Waals surface area (Å²) in [5, 5.41) is 3.11. The number of nitrogens with zero attached hydrogens (tertiary/aromatic N) is 2. The normalized spacial score (nSPS) is 10.6. The zero-order valence-corrected chi connectivity index (χ0v) is 12.2. The molecule has 0 aliphatic carbocycles. The molecule has 2 aromatic heterocycles. The molecule has 0 unspecified atom stereocenters. The van der Waals surface area contributed by atoms with Gasteiger partial charge in [0.15, 0.2) is 16.6 Å². The molecule has 0 amide bonds. The number of nitrogen functional groups attached to an aromatic ring is 1. The first-order valence-electron chi connectivity index (χ1n) is 5.91. The van der Waals surface area contributed by atoms with Crippen molar-refractivity contribution >= 4 is 33.7 Å². The Kier molecular flexibility index (Phi) is 4.43. The van der Waals surface area contributed by atoms with Crippen molar-refractivity contribution in [3.05, 3.63) is 22.4 Å². The lowest BCUT2D eigenvalue weighted by atomic mass is 10.4. The molecule has 0 radical (unpaired) electrons. The Morgan fingerprint density at radius 1 is 1.44 bits per heavy atom. The minimum Gasteiger partial charge on any atom is -0.487 e. The van der Waals surface area contributed by atoms with Gasteiger partial charge < -0.3 is 15.4 Å². The van der Waals surface area contributed by atoms with Gasteiger partial charge >= 0.3 is 0 Å². The van der Waals surface area contributed by atoms with E-state index in [4.69, 9.17) is 10.5 Å². The summed E-state index contributed by atoms with van der Waals surface area (Å²) >= 11 is 3.16. The quantitative estimate of drug-likeness (QED) is 0.884. The van der Waals surface area contributed by atoms with Crippen molar-refractivity contribution in [3.8, 4) is 5.75 Å². The van der Waals surface area contributed by atoms with Gasteiger partial charge in [0.2, 0.25) is 0 Å². The molecule has 0 bridgehead atoms. The molecule has 0 saturated carbocycles. The second kappa shape index (κ2) is 6.06. The fraction of sp³-hybridized carbons (Fsp3) is 0.417. The third-order valence-corrected chi connectivity index (χ3v) is 4.31. The molecule has 98 valence electrons. The van der Waals surface area contributed by atoms with Crippen molar-refractivity contribution in [1.29, 1.82) is 0 Å². The highest BCUT2D eigenvalue weighted by molar-refractivity contribution is 7.11. The molecule has 2 aromatic rings. The molecule has 0 aliphatic heterocycles. The summed E-state index contributed by atoms with van der Waals surface area (Å²) in [4.78, 5) is 3.57. The zero-order valence-electron chi connectivity index (χ0n) is 10.5. The summed E-state index contributed by atoms with van der Waals surface area (Å²) in [5.74, 6) is 1.21. The van der Waals surface area contributed by atoms with Crippen LogP contribution in [0.2, 0.25) is 0 Å². The highest BCUT2D eigenvalue weighted by Crippen LogP contribution is 2.39. The van der Waals surface area contributed by atoms with Crippen LogP contribution < -0.4 is 15.4 Å². The van der Waals surface area contributed by atoms with Gasteiger partial charge in [-0.2, -0.15) is 4.37 Å². The number of nitrogens with two attached hydrogens (primary N) is 1. The van der Waals surface area contributed by atoms with E-state index in [1.165, 1.54) is 16.4 Å². The van der Waals surface area contributed by atoms with Crippen molar-refractivity contribution in [2.24, 2.45) is 0 Å². The fourth-order valence-electron chi connectivity index (χ4n) is 1.68. The van der Waals surface area contributed by atoms with Crippen LogP contribution in [0.4, 0.5) is 10.8 Å². The summed E-state index contributed by atoms with van der Waals surface area (Å²) < 4.78 is 9.78. The van der Waals surface area contributed by atoms with E-state index in [1.807, 2.05) is 6.92 Å². The average Bonchev–Trinajstić information content (AvgIpc) is 2.99. The van der Waals surface area contributed by atoms with E-state index in [0.717, 1.165) is 23.8 Å². The zero-order chi connectivity index (χ0) is 13.0. The number of thiophene rings is 1. The van der Waals surface area contributed by atoms with Crippen LogP contribution >= 0.6 is 22.9 Å². The molecule has 2 heterocycles. The molecule has 0 aliphatic rings. The number of aromatic nitrogens is 1. The molecule has 2 N–H and O–H groups in total. The Morgan fingerprint density at radius 2 is 2.28 bits per heavy atom. The first kappa shape index (κ1) is 13.2. The Balaban J connectivity index is 2.21. The topological polar surface area (TPSA) is 51.4 Å². The maximum atomic E-state index is 5.84. The third-order valence-electron chi connectivity index (χ3n) is 2.54. The first-order valence-corrected chi connectivity index (χ1v) is 7.56. The van der Waals surface area contributed by atoms with Gasteiger partial charge in [-0.3, -0.25) is 0 Å². The minimum absolute atomic E-state index is 0.487. The van der Waals surface area contributed by atoms with E-state index < -0.39 is 0 Å². The molecule has 0 aromatic carbocycles. The average molecular weight is 283 g/mol. The molecule has 0 atom stereocenters. The fourth-order valence-corrected chi connectivity index (χ4v) is 3.23. The number of hydrogen-bond acceptors (Lipinski definition) is 6. The Hall–Kier alpha value is -1.27. The highest BCUT2D eigenvalue weighted by Gasteiger charge is 2.18. The van der Waals surface area contributed by atoms with Gasteiger partial charge in [0.05, 0.1) is 13.2 Å². The molecule has 2 rings (SSSR count). The molecule has 4 nitrogen and oxygen atoms in total. The Morgan fingerprint density at radius 3 is 2.89 bits per heavy atom. The smallest absolute Gasteiger partial charge is 0.197 e. The van der Waals surface area contributed by atoms with Crippen molar-refractivity contribution < 1.29 is 4.74 Å². The van der Waals surface area contributed by atoms with Gasteiger partial charge in [0.1, 0.15) is 0 Å². The van der Waals surface area contributed by atoms with Gasteiger partial charge in [-0.05, 0) is 36.8 Å². The lowest BCUT2D eigenvalue weighted by Gasteiger charge is -2.21. The summed E-state index contributed by atoms with van der Waals surface area (Å²) in [6.07, 6.45) is 0. The van der Waals surface area contributed by atoms with E-state index in [1.54, 1.807) is 11.3 Å². The van der Waals surface area contributed by atoms with Crippen LogP contribution in [-0.4, -0.2) is 17.5 Å². The van der Waals surface area contributed by atoms with Gasteiger partial charge in [-0.15, -0.1) is 11.3 Å². The van der Waals surface area contributed by atoms with Crippen molar-refractivity contribution in [2.45, 2.75) is 20.4 Å². The number of ether oxygens (including phenoxy) is 1. The largest absolute Gasteiger partial charge is 0.487 e. The van der Waals surface area contributed by atoms with Gasteiger partial charge in [0.25, 0.3) is 0 Å². The second-order valence-corrected chi connectivity index (χ2v) is 5.51. The predicted molar refractivity (Wildman–Crippen MR) is 78.7 cm³/mol. The predicted octanol–water partition coefficient (Wildman–Crippen LogP) is 3.21. The lowest BCUT2D eigenvalue weighted by molar-refractivity contribution is 0.343. The number of anilines is 2. The monoisotopic (exact) mass is 283 g/mol. The van der Waals surface area contributed by atoms with Crippen LogP contribution in [0.15, 0.2) is 17.5 Å². The van der Waals surface area contributed by atoms with E-state index in [0.29, 0.717) is 12.4 Å². The summed E-state index contributed by atoms with van der Waals surface area (Å²) in [5.41, 5.74) is 5.84. The highest BCUT2D eigenvalue weighted by atomic mass is 32.1. The van der Waals surface area contributed by atoms with Crippen molar-refractivity contribution in [3.63, 3.8) is 0 Å². The van der Waals surface area contributed by atoms with Gasteiger partial charge in [0, 0.05) is 11.4 Å². The van der Waals surface area contributed by atoms with E-state index >= 15 is 0 Å². The van der Waals surface area contributed by atoms with E-state index in [2.05, 4.69) is 33.7 Å². The van der Waals surface area contributed by atoms with E-state index in [9.17, 15) is 0 Å². The summed E-state index contributed by atoms with van der Waals surface area (Å²) in [6.45, 7) is 6.46. The van der Waals surface area contributed by atoms with Crippen LogP contribution in [-0.2, 0) is 6.54 Å². The third kappa shape index (κ3) is 2.76. The van der Waals surface area contributed by atoms with Crippen LogP contribution in [0.25, 0.3) is 0 Å². The number of hydrogen-bond donors (Lipinski definition) is 1. The molecule has 18 heavy (non-hydrogen) atoms. The van der Waals surface area contributed by atoms with Crippen LogP contribution in [0.3, 0.4) is 0 Å². The molecule has 6 heteroatoms. The molecule has 0 saturated heterocycles. The lowest BCUT2D eigenvalue weighted by Crippen LogP contribution is -2.21. The molecule has 0 fully saturated rings. The Bertz CT molecular complexity index is 481. The maximum absolute atomic E-state index is 5.84. The van der Waals surface area contributed by atoms with E-state index in [-0.39, 0.29) is 0 Å². The standard InChI is InChI=1S/C12H17N3OS2/c1-3-15(8-9-6-5-7-17-9)12-10(16-4-2)11(13)14-18-12/h5-7H,3-4,8H2,1-2H3,(H2,13,14). The van der Waals surface area contributed by atoms with Gasteiger partial charge in [-0.1, -0.05) is 6.07 Å². The summed E-state index contributed by atoms with van der Waals surface area (Å²) in [6, 6.07) is 4.20. The molecular weight excluding hydrogens is 266 g/mol. The second-order valence-electron chi connectivity index (χ2n) is 3.73. The Labute approximate surface area is 115 Å². The SMILES string of the molecule is CCOc1c(N)nsc1N(CC)Cc1cccs1. The van der Waals surface area contributed by atoms with Crippen LogP contribution in [0.5, 0.6) is 5.75 Å². The van der Waals surface area contributed by atoms with Gasteiger partial charge in [-0.25, -0.2) is 0 Å². The maximum Gasteiger partial charge on any atom is 0.197 e. The number of rotatable bonds is 6. The first-order chi connectivity index (χ1) is 8.76. The molecular formula is C12H17N3OS2. The van der Waals surface area contributed by atoms with Crippen molar-refractivity contribution in [2.75, 3.05) is 23.8 Å². The minimum atomic E-state index is 0.487. The van der Waals surface area contributed by atoms with Crippen LogP contribution in [0, 0.1) is 0 Å². The van der Waals surface area contributed by atoms with Crippen molar-refractivity contribution in [1.82, 2.24) is 4.37 Å². The summed E-state index contributed by atoms with van der Waals surface area (Å²) in [7, 11) is 0. The van der Waals surface area contributed by atoms with Crippen LogP contribution in [0.1, 0.15) is 18.7 Å². The molecule has 0 spiro atoms.